The van der Waals surface area contributed by atoms with Gasteiger partial charge in [0.25, 0.3) is 0 Å². The standard InChI is InChI=1S/C10H7ClFNOS/c1-5(14)8-4-13-7-3-2-6(12)9(11)10(7)15-8/h2-4,13H,1H3. The van der Waals surface area contributed by atoms with Crippen molar-refractivity contribution in [1.82, 2.24) is 0 Å². The minimum atomic E-state index is -0.477. The molecule has 15 heavy (non-hydrogen) atoms. The van der Waals surface area contributed by atoms with E-state index in [-0.39, 0.29) is 10.8 Å². The number of rotatable bonds is 1. The zero-order valence-electron chi connectivity index (χ0n) is 7.80. The lowest BCUT2D eigenvalue weighted by atomic mass is 10.3. The predicted octanol–water partition coefficient (Wildman–Crippen LogP) is 3.43. The number of allylic oxidation sites excluding steroid dienone is 1. The number of hydrogen-bond acceptors (Lipinski definition) is 3. The molecule has 78 valence electrons. The molecule has 0 saturated heterocycles. The van der Waals surface area contributed by atoms with Crippen molar-refractivity contribution >= 4 is 34.8 Å². The van der Waals surface area contributed by atoms with Crippen molar-refractivity contribution in [3.8, 4) is 0 Å². The number of hydrogen-bond donors (Lipinski definition) is 1. The highest BCUT2D eigenvalue weighted by Gasteiger charge is 2.19. The molecule has 0 bridgehead atoms. The Hall–Kier alpha value is -1.00. The maximum atomic E-state index is 13.2. The van der Waals surface area contributed by atoms with Crippen molar-refractivity contribution in [3.63, 3.8) is 0 Å². The number of thioether (sulfide) groups is 1. The second kappa shape index (κ2) is 3.87. The van der Waals surface area contributed by atoms with Crippen LogP contribution in [0.4, 0.5) is 10.1 Å². The summed E-state index contributed by atoms with van der Waals surface area (Å²) in [6.45, 7) is 1.46. The molecule has 0 radical (unpaired) electrons. The molecule has 1 aliphatic rings. The predicted molar refractivity (Wildman–Crippen MR) is 59.7 cm³/mol. The van der Waals surface area contributed by atoms with Gasteiger partial charge < -0.3 is 5.32 Å². The third-order valence-corrected chi connectivity index (χ3v) is 3.70. The van der Waals surface area contributed by atoms with Crippen LogP contribution in [-0.2, 0) is 4.79 Å². The first-order valence-electron chi connectivity index (χ1n) is 4.23. The van der Waals surface area contributed by atoms with Gasteiger partial charge in [0, 0.05) is 6.20 Å². The summed E-state index contributed by atoms with van der Waals surface area (Å²) in [4.78, 5) is 12.2. The molecule has 1 aliphatic heterocycles. The Morgan fingerprint density at radius 3 is 2.93 bits per heavy atom. The minimum absolute atomic E-state index is 0.0526. The molecule has 1 N–H and O–H groups in total. The Balaban J connectivity index is 2.45. The number of ketones is 1. The van der Waals surface area contributed by atoms with Crippen molar-refractivity contribution in [1.29, 1.82) is 0 Å². The maximum Gasteiger partial charge on any atom is 0.167 e. The average molecular weight is 244 g/mol. The van der Waals surface area contributed by atoms with Crippen LogP contribution in [-0.4, -0.2) is 5.78 Å². The zero-order chi connectivity index (χ0) is 11.0. The van der Waals surface area contributed by atoms with Gasteiger partial charge in [-0.3, -0.25) is 4.79 Å². The van der Waals surface area contributed by atoms with E-state index in [1.807, 2.05) is 0 Å². The molecule has 0 unspecified atom stereocenters. The molecule has 5 heteroatoms. The number of benzene rings is 1. The molecular formula is C10H7ClFNOS. The molecule has 0 aliphatic carbocycles. The van der Waals surface area contributed by atoms with Gasteiger partial charge in [-0.15, -0.1) is 0 Å². The van der Waals surface area contributed by atoms with Crippen LogP contribution < -0.4 is 5.32 Å². The van der Waals surface area contributed by atoms with Gasteiger partial charge in [-0.1, -0.05) is 23.4 Å². The van der Waals surface area contributed by atoms with Gasteiger partial charge in [0.2, 0.25) is 0 Å². The largest absolute Gasteiger partial charge is 0.360 e. The van der Waals surface area contributed by atoms with E-state index < -0.39 is 5.82 Å². The monoisotopic (exact) mass is 243 g/mol. The summed E-state index contributed by atoms with van der Waals surface area (Å²) >= 11 is 6.99. The van der Waals surface area contributed by atoms with Crippen molar-refractivity contribution in [2.24, 2.45) is 0 Å². The van der Waals surface area contributed by atoms with Crippen LogP contribution in [0, 0.1) is 5.82 Å². The van der Waals surface area contributed by atoms with E-state index in [0.29, 0.717) is 9.80 Å². The van der Waals surface area contributed by atoms with Crippen LogP contribution >= 0.6 is 23.4 Å². The Labute approximate surface area is 95.5 Å². The molecule has 1 heterocycles. The molecule has 0 fully saturated rings. The van der Waals surface area contributed by atoms with E-state index in [4.69, 9.17) is 11.6 Å². The third-order valence-electron chi connectivity index (χ3n) is 1.97. The number of carbonyl (C=O) groups excluding carboxylic acids is 1. The fourth-order valence-electron chi connectivity index (χ4n) is 1.20. The van der Waals surface area contributed by atoms with Crippen LogP contribution in [0.15, 0.2) is 28.1 Å². The number of carbonyl (C=O) groups is 1. The van der Waals surface area contributed by atoms with Gasteiger partial charge >= 0.3 is 0 Å². The second-order valence-electron chi connectivity index (χ2n) is 3.05. The highest BCUT2D eigenvalue weighted by molar-refractivity contribution is 8.04. The number of nitrogens with one attached hydrogen (secondary N) is 1. The number of halogens is 2. The van der Waals surface area contributed by atoms with Gasteiger partial charge in [0.15, 0.2) is 5.78 Å². The fourth-order valence-corrected chi connectivity index (χ4v) is 2.39. The maximum absolute atomic E-state index is 13.2. The van der Waals surface area contributed by atoms with E-state index in [1.54, 1.807) is 12.3 Å². The van der Waals surface area contributed by atoms with Crippen molar-refractivity contribution < 1.29 is 9.18 Å². The highest BCUT2D eigenvalue weighted by Crippen LogP contribution is 2.42. The zero-order valence-corrected chi connectivity index (χ0v) is 9.38. The second-order valence-corrected chi connectivity index (χ2v) is 4.48. The molecule has 0 atom stereocenters. The Kier molecular flexibility index (Phi) is 2.71. The molecule has 0 amide bonds. The number of fused-ring (bicyclic) bond motifs is 1. The first-order valence-corrected chi connectivity index (χ1v) is 5.42. The van der Waals surface area contributed by atoms with Crippen LogP contribution in [0.1, 0.15) is 6.92 Å². The molecule has 1 aromatic carbocycles. The van der Waals surface area contributed by atoms with Gasteiger partial charge in [-0.2, -0.15) is 0 Å². The smallest absolute Gasteiger partial charge is 0.167 e. The van der Waals surface area contributed by atoms with Gasteiger partial charge in [0.1, 0.15) is 5.82 Å². The lowest BCUT2D eigenvalue weighted by Gasteiger charge is -2.17. The summed E-state index contributed by atoms with van der Waals surface area (Å²) in [6.07, 6.45) is 1.60. The summed E-state index contributed by atoms with van der Waals surface area (Å²) in [7, 11) is 0. The van der Waals surface area contributed by atoms with Crippen LogP contribution in [0.5, 0.6) is 0 Å². The SMILES string of the molecule is CC(=O)C1=CNc2ccc(F)c(Cl)c2S1. The lowest BCUT2D eigenvalue weighted by molar-refractivity contribution is -0.112. The molecule has 2 nitrogen and oxygen atoms in total. The Bertz CT molecular complexity index is 473. The van der Waals surface area contributed by atoms with E-state index in [0.717, 1.165) is 5.69 Å². The van der Waals surface area contributed by atoms with Gasteiger partial charge in [-0.25, -0.2) is 4.39 Å². The van der Waals surface area contributed by atoms with E-state index >= 15 is 0 Å². The third kappa shape index (κ3) is 1.87. The fraction of sp³-hybridized carbons (Fsp3) is 0.100. The molecule has 2 rings (SSSR count). The van der Waals surface area contributed by atoms with Gasteiger partial charge in [0.05, 0.1) is 20.5 Å². The van der Waals surface area contributed by atoms with Crippen molar-refractivity contribution in [2.45, 2.75) is 11.8 Å². The van der Waals surface area contributed by atoms with E-state index in [2.05, 4.69) is 5.32 Å². The highest BCUT2D eigenvalue weighted by atomic mass is 35.5. The first kappa shape index (κ1) is 10.5. The summed E-state index contributed by atoms with van der Waals surface area (Å²) < 4.78 is 13.2. The summed E-state index contributed by atoms with van der Waals surface area (Å²) in [6, 6.07) is 2.89. The average Bonchev–Trinajstić information content (AvgIpc) is 2.23. The van der Waals surface area contributed by atoms with Crippen LogP contribution in [0.2, 0.25) is 5.02 Å². The number of anilines is 1. The summed E-state index contributed by atoms with van der Waals surface area (Å²) in [5.41, 5.74) is 0.719. The molecule has 1 aromatic rings. The van der Waals surface area contributed by atoms with Crippen LogP contribution in [0.3, 0.4) is 0 Å². The van der Waals surface area contributed by atoms with Crippen molar-refractivity contribution in [2.75, 3.05) is 5.32 Å². The molecule has 0 spiro atoms. The molecular weight excluding hydrogens is 237 g/mol. The van der Waals surface area contributed by atoms with Gasteiger partial charge in [-0.05, 0) is 19.1 Å². The lowest BCUT2D eigenvalue weighted by Crippen LogP contribution is -2.04. The topological polar surface area (TPSA) is 29.1 Å². The quantitative estimate of drug-likeness (QED) is 0.819. The van der Waals surface area contributed by atoms with Crippen LogP contribution in [0.25, 0.3) is 0 Å². The molecule has 0 saturated carbocycles. The normalized spacial score (nSPS) is 13.9. The van der Waals surface area contributed by atoms with Crippen molar-refractivity contribution in [3.05, 3.63) is 34.1 Å². The van der Waals surface area contributed by atoms with E-state index in [9.17, 15) is 9.18 Å². The Morgan fingerprint density at radius 2 is 2.27 bits per heavy atom. The summed E-state index contributed by atoms with van der Waals surface area (Å²) in [5, 5.41) is 2.96. The number of Topliss-reactive ketones (excluding diaryl/α,β-unsaturated/α-hetero) is 1. The first-order chi connectivity index (χ1) is 7.09. The molecule has 0 aromatic heterocycles. The minimum Gasteiger partial charge on any atom is -0.360 e. The Morgan fingerprint density at radius 1 is 1.53 bits per heavy atom. The summed E-state index contributed by atoms with van der Waals surface area (Å²) in [5.74, 6) is -0.548. The van der Waals surface area contributed by atoms with E-state index in [1.165, 1.54) is 24.8 Å².